The molecule has 0 unspecified atom stereocenters. The second kappa shape index (κ2) is 7.63. The van der Waals surface area contributed by atoms with Crippen LogP contribution in [-0.2, 0) is 25.9 Å². The first-order valence-electron chi connectivity index (χ1n) is 8.38. The van der Waals surface area contributed by atoms with Crippen molar-refractivity contribution >= 4 is 15.7 Å². The summed E-state index contributed by atoms with van der Waals surface area (Å²) in [5, 5.41) is 0. The molecule has 0 spiro atoms. The van der Waals surface area contributed by atoms with Gasteiger partial charge in [0, 0.05) is 32.7 Å². The van der Waals surface area contributed by atoms with Gasteiger partial charge in [-0.3, -0.25) is 9.69 Å². The van der Waals surface area contributed by atoms with Crippen molar-refractivity contribution in [3.05, 3.63) is 35.9 Å². The Morgan fingerprint density at radius 2 is 1.83 bits per heavy atom. The minimum absolute atomic E-state index is 0.00328. The number of nitrogens with zero attached hydrogens (tertiary/aromatic N) is 2. The van der Waals surface area contributed by atoms with Gasteiger partial charge >= 0.3 is 0 Å². The summed E-state index contributed by atoms with van der Waals surface area (Å²) in [5.74, 6) is 0.144. The lowest BCUT2D eigenvalue weighted by Crippen LogP contribution is -2.47. The van der Waals surface area contributed by atoms with Crippen LogP contribution in [0, 0.1) is 0 Å². The predicted octanol–water partition coefficient (Wildman–Crippen LogP) is 0.535. The zero-order chi connectivity index (χ0) is 17.0. The van der Waals surface area contributed by atoms with Gasteiger partial charge in [-0.1, -0.05) is 30.3 Å². The first-order chi connectivity index (χ1) is 11.5. The highest BCUT2D eigenvalue weighted by Crippen LogP contribution is 2.15. The number of rotatable bonds is 4. The SMILES string of the molecule is O=C(C[C@H]1CN(Cc2ccccc2)CCO1)N1CCS(=O)(=O)CC1. The van der Waals surface area contributed by atoms with Crippen molar-refractivity contribution < 1.29 is 17.9 Å². The summed E-state index contributed by atoms with van der Waals surface area (Å²) in [6, 6.07) is 10.3. The number of benzene rings is 1. The second-order valence-electron chi connectivity index (χ2n) is 6.45. The molecule has 0 saturated carbocycles. The summed E-state index contributed by atoms with van der Waals surface area (Å²) < 4.78 is 28.7. The molecular formula is C17H24N2O4S. The number of carbonyl (C=O) groups is 1. The topological polar surface area (TPSA) is 66.9 Å². The molecule has 0 aromatic heterocycles. The largest absolute Gasteiger partial charge is 0.375 e. The monoisotopic (exact) mass is 352 g/mol. The lowest BCUT2D eigenvalue weighted by molar-refractivity contribution is -0.136. The van der Waals surface area contributed by atoms with Crippen LogP contribution >= 0.6 is 0 Å². The minimum atomic E-state index is -2.96. The van der Waals surface area contributed by atoms with E-state index in [-0.39, 0.29) is 23.5 Å². The van der Waals surface area contributed by atoms with E-state index in [1.165, 1.54) is 5.56 Å². The van der Waals surface area contributed by atoms with E-state index in [1.807, 2.05) is 18.2 Å². The third kappa shape index (κ3) is 4.78. The summed E-state index contributed by atoms with van der Waals surface area (Å²) in [6.45, 7) is 3.69. The van der Waals surface area contributed by atoms with Gasteiger partial charge in [-0.05, 0) is 5.56 Å². The Labute approximate surface area is 143 Å². The van der Waals surface area contributed by atoms with Crippen molar-refractivity contribution in [3.8, 4) is 0 Å². The molecule has 0 aliphatic carbocycles. The molecule has 2 aliphatic rings. The van der Waals surface area contributed by atoms with E-state index < -0.39 is 9.84 Å². The summed E-state index contributed by atoms with van der Waals surface area (Å²) in [5.41, 5.74) is 1.26. The fourth-order valence-electron chi connectivity index (χ4n) is 3.17. The zero-order valence-corrected chi connectivity index (χ0v) is 14.6. The van der Waals surface area contributed by atoms with Gasteiger partial charge in [0.25, 0.3) is 0 Å². The van der Waals surface area contributed by atoms with Crippen LogP contribution in [0.1, 0.15) is 12.0 Å². The van der Waals surface area contributed by atoms with E-state index in [1.54, 1.807) is 4.90 Å². The molecular weight excluding hydrogens is 328 g/mol. The average Bonchev–Trinajstić information content (AvgIpc) is 2.56. The standard InChI is InChI=1S/C17H24N2O4S/c20-17(19-7-10-24(21,22)11-8-19)12-16-14-18(6-9-23-16)13-15-4-2-1-3-5-15/h1-5,16H,6-14H2/t16-/m0/s1. The van der Waals surface area contributed by atoms with Gasteiger partial charge in [0.1, 0.15) is 0 Å². The molecule has 7 heteroatoms. The normalized spacial score (nSPS) is 24.7. The third-order valence-corrected chi connectivity index (χ3v) is 6.18. The Kier molecular flexibility index (Phi) is 5.53. The molecule has 2 heterocycles. The van der Waals surface area contributed by atoms with Crippen molar-refractivity contribution in [2.45, 2.75) is 19.1 Å². The number of hydrogen-bond donors (Lipinski definition) is 0. The fourth-order valence-corrected chi connectivity index (χ4v) is 4.38. The number of carbonyl (C=O) groups excluding carboxylic acids is 1. The molecule has 1 aromatic carbocycles. The van der Waals surface area contributed by atoms with Crippen molar-refractivity contribution in [2.24, 2.45) is 0 Å². The Hall–Kier alpha value is -1.44. The van der Waals surface area contributed by atoms with Gasteiger partial charge in [-0.15, -0.1) is 0 Å². The minimum Gasteiger partial charge on any atom is -0.375 e. The van der Waals surface area contributed by atoms with E-state index in [2.05, 4.69) is 17.0 Å². The molecule has 3 rings (SSSR count). The lowest BCUT2D eigenvalue weighted by Gasteiger charge is -2.34. The van der Waals surface area contributed by atoms with Crippen molar-refractivity contribution in [1.29, 1.82) is 0 Å². The van der Waals surface area contributed by atoms with Gasteiger partial charge < -0.3 is 9.64 Å². The average molecular weight is 352 g/mol. The molecule has 24 heavy (non-hydrogen) atoms. The van der Waals surface area contributed by atoms with Crippen LogP contribution in [-0.4, -0.2) is 74.5 Å². The Morgan fingerprint density at radius 1 is 1.12 bits per heavy atom. The molecule has 2 fully saturated rings. The number of morpholine rings is 1. The molecule has 0 bridgehead atoms. The second-order valence-corrected chi connectivity index (χ2v) is 8.75. The van der Waals surface area contributed by atoms with Gasteiger partial charge in [0.2, 0.25) is 5.91 Å². The van der Waals surface area contributed by atoms with Crippen LogP contribution < -0.4 is 0 Å². The molecule has 6 nitrogen and oxygen atoms in total. The quantitative estimate of drug-likeness (QED) is 0.791. The van der Waals surface area contributed by atoms with E-state index in [0.717, 1.165) is 19.6 Å². The molecule has 2 aliphatic heterocycles. The maximum Gasteiger partial charge on any atom is 0.225 e. The van der Waals surface area contributed by atoms with Gasteiger partial charge in [0.15, 0.2) is 9.84 Å². The van der Waals surface area contributed by atoms with Crippen LogP contribution in [0.5, 0.6) is 0 Å². The molecule has 1 amide bonds. The fraction of sp³-hybridized carbons (Fsp3) is 0.588. The van der Waals surface area contributed by atoms with Crippen LogP contribution in [0.2, 0.25) is 0 Å². The highest BCUT2D eigenvalue weighted by atomic mass is 32.2. The third-order valence-electron chi connectivity index (χ3n) is 4.57. The smallest absolute Gasteiger partial charge is 0.225 e. The van der Waals surface area contributed by atoms with Gasteiger partial charge in [0.05, 0.1) is 30.6 Å². The van der Waals surface area contributed by atoms with Crippen LogP contribution in [0.25, 0.3) is 0 Å². The Morgan fingerprint density at radius 3 is 2.54 bits per heavy atom. The van der Waals surface area contributed by atoms with Crippen LogP contribution in [0.3, 0.4) is 0 Å². The van der Waals surface area contributed by atoms with E-state index in [4.69, 9.17) is 4.74 Å². The van der Waals surface area contributed by atoms with Gasteiger partial charge in [-0.2, -0.15) is 0 Å². The molecule has 1 atom stereocenters. The zero-order valence-electron chi connectivity index (χ0n) is 13.8. The lowest BCUT2D eigenvalue weighted by atomic mass is 10.1. The summed E-state index contributed by atoms with van der Waals surface area (Å²) in [7, 11) is -2.96. The predicted molar refractivity (Wildman–Crippen MR) is 91.3 cm³/mol. The van der Waals surface area contributed by atoms with Gasteiger partial charge in [-0.25, -0.2) is 8.42 Å². The molecule has 0 radical (unpaired) electrons. The number of sulfone groups is 1. The summed E-state index contributed by atoms with van der Waals surface area (Å²) in [4.78, 5) is 16.3. The molecule has 132 valence electrons. The summed E-state index contributed by atoms with van der Waals surface area (Å²) in [6.07, 6.45) is 0.208. The highest BCUT2D eigenvalue weighted by molar-refractivity contribution is 7.91. The maximum absolute atomic E-state index is 12.4. The van der Waals surface area contributed by atoms with E-state index in [9.17, 15) is 13.2 Å². The Bertz CT molecular complexity index is 648. The highest BCUT2D eigenvalue weighted by Gasteiger charge is 2.28. The molecule has 1 aromatic rings. The van der Waals surface area contributed by atoms with Crippen molar-refractivity contribution in [1.82, 2.24) is 9.80 Å². The van der Waals surface area contributed by atoms with E-state index >= 15 is 0 Å². The Balaban J connectivity index is 1.49. The first-order valence-corrected chi connectivity index (χ1v) is 10.2. The number of amides is 1. The summed E-state index contributed by atoms with van der Waals surface area (Å²) >= 11 is 0. The van der Waals surface area contributed by atoms with Crippen LogP contribution in [0.15, 0.2) is 30.3 Å². The molecule has 0 N–H and O–H groups in total. The number of hydrogen-bond acceptors (Lipinski definition) is 5. The van der Waals surface area contributed by atoms with E-state index in [0.29, 0.717) is 26.1 Å². The van der Waals surface area contributed by atoms with Crippen molar-refractivity contribution in [3.63, 3.8) is 0 Å². The van der Waals surface area contributed by atoms with Crippen molar-refractivity contribution in [2.75, 3.05) is 44.3 Å². The van der Waals surface area contributed by atoms with Crippen LogP contribution in [0.4, 0.5) is 0 Å². The number of ether oxygens (including phenoxy) is 1. The molecule has 2 saturated heterocycles. The first kappa shape index (κ1) is 17.4. The maximum atomic E-state index is 12.4.